The predicted molar refractivity (Wildman–Crippen MR) is 66.3 cm³/mol. The molecule has 1 amide bonds. The zero-order valence-electron chi connectivity index (χ0n) is 10.9. The van der Waals surface area contributed by atoms with Crippen molar-refractivity contribution >= 4 is 5.91 Å². The maximum atomic E-state index is 12.5. The van der Waals surface area contributed by atoms with Crippen LogP contribution in [0.3, 0.4) is 0 Å². The van der Waals surface area contributed by atoms with Crippen LogP contribution in [0.5, 0.6) is 0 Å². The Morgan fingerprint density at radius 2 is 2.17 bits per heavy atom. The fourth-order valence-corrected chi connectivity index (χ4v) is 3.44. The quantitative estimate of drug-likeness (QED) is 0.755. The van der Waals surface area contributed by atoms with Crippen LogP contribution in [0.25, 0.3) is 0 Å². The molecule has 3 fully saturated rings. The minimum atomic E-state index is -0.632. The summed E-state index contributed by atoms with van der Waals surface area (Å²) in [6.45, 7) is 1.68. The molecule has 0 saturated carbocycles. The molecule has 2 bridgehead atoms. The lowest BCUT2D eigenvalue weighted by atomic mass is 9.89. The van der Waals surface area contributed by atoms with Crippen LogP contribution < -0.4 is 10.6 Å². The van der Waals surface area contributed by atoms with E-state index in [0.717, 1.165) is 45.2 Å². The van der Waals surface area contributed by atoms with Gasteiger partial charge >= 0.3 is 0 Å². The Kier molecular flexibility index (Phi) is 3.30. The monoisotopic (exact) mass is 254 g/mol. The molecule has 3 unspecified atom stereocenters. The third kappa shape index (κ3) is 2.04. The van der Waals surface area contributed by atoms with Gasteiger partial charge in [-0.2, -0.15) is 0 Å². The van der Waals surface area contributed by atoms with Gasteiger partial charge in [0.15, 0.2) is 0 Å². The first-order chi connectivity index (χ1) is 8.73. The normalized spacial score (nSPS) is 37.7. The molecule has 0 aliphatic carbocycles. The summed E-state index contributed by atoms with van der Waals surface area (Å²) in [6, 6.07) is 0.193. The molecule has 3 aliphatic rings. The Labute approximate surface area is 108 Å². The molecule has 3 heterocycles. The van der Waals surface area contributed by atoms with E-state index in [1.165, 1.54) is 0 Å². The van der Waals surface area contributed by atoms with Crippen molar-refractivity contribution in [2.45, 2.75) is 56.0 Å². The summed E-state index contributed by atoms with van der Waals surface area (Å²) >= 11 is 0. The highest BCUT2D eigenvalue weighted by Gasteiger charge is 2.45. The van der Waals surface area contributed by atoms with Crippen molar-refractivity contribution in [3.8, 4) is 0 Å². The summed E-state index contributed by atoms with van der Waals surface area (Å²) in [5.41, 5.74) is -0.632. The second-order valence-electron chi connectivity index (χ2n) is 5.64. The number of hydrogen-bond acceptors (Lipinski definition) is 4. The topological polar surface area (TPSA) is 59.6 Å². The van der Waals surface area contributed by atoms with E-state index in [0.29, 0.717) is 6.10 Å². The Balaban J connectivity index is 1.63. The number of piperidine rings is 1. The molecule has 5 heteroatoms. The summed E-state index contributed by atoms with van der Waals surface area (Å²) in [5.74, 6) is 0.0488. The Morgan fingerprint density at radius 1 is 1.39 bits per heavy atom. The molecule has 18 heavy (non-hydrogen) atoms. The van der Waals surface area contributed by atoms with Crippen molar-refractivity contribution in [1.82, 2.24) is 10.6 Å². The van der Waals surface area contributed by atoms with E-state index in [2.05, 4.69) is 10.6 Å². The molecule has 0 aromatic rings. The van der Waals surface area contributed by atoms with Gasteiger partial charge in [-0.3, -0.25) is 4.79 Å². The van der Waals surface area contributed by atoms with Crippen LogP contribution >= 0.6 is 0 Å². The first-order valence-corrected chi connectivity index (χ1v) is 6.96. The minimum Gasteiger partial charge on any atom is -0.373 e. The van der Waals surface area contributed by atoms with Gasteiger partial charge in [-0.1, -0.05) is 0 Å². The van der Waals surface area contributed by atoms with Crippen molar-refractivity contribution in [1.29, 1.82) is 0 Å². The SMILES string of the molecule is COC1(C(=O)NC2CC3CCC2O3)CCNCC1. The molecule has 3 saturated heterocycles. The van der Waals surface area contributed by atoms with Crippen LogP contribution in [0.1, 0.15) is 32.1 Å². The molecule has 5 nitrogen and oxygen atoms in total. The molecule has 3 atom stereocenters. The molecule has 3 aliphatic heterocycles. The van der Waals surface area contributed by atoms with E-state index < -0.39 is 5.60 Å². The molecule has 3 rings (SSSR count). The van der Waals surface area contributed by atoms with Gasteiger partial charge < -0.3 is 20.1 Å². The van der Waals surface area contributed by atoms with Crippen LogP contribution in [0.4, 0.5) is 0 Å². The molecule has 0 spiro atoms. The highest BCUT2D eigenvalue weighted by atomic mass is 16.5. The average Bonchev–Trinajstić information content (AvgIpc) is 3.01. The summed E-state index contributed by atoms with van der Waals surface area (Å²) < 4.78 is 11.3. The van der Waals surface area contributed by atoms with Crippen molar-refractivity contribution in [2.24, 2.45) is 0 Å². The molecular formula is C13H22N2O3. The third-order valence-electron chi connectivity index (χ3n) is 4.64. The van der Waals surface area contributed by atoms with Crippen LogP contribution in [0.15, 0.2) is 0 Å². The number of hydrogen-bond donors (Lipinski definition) is 2. The number of fused-ring (bicyclic) bond motifs is 2. The Bertz CT molecular complexity index is 328. The number of carbonyl (C=O) groups excluding carboxylic acids is 1. The number of carbonyl (C=O) groups is 1. The first kappa shape index (κ1) is 12.4. The van der Waals surface area contributed by atoms with Gasteiger partial charge in [-0.15, -0.1) is 0 Å². The number of rotatable bonds is 3. The number of amides is 1. The van der Waals surface area contributed by atoms with Gasteiger partial charge in [0, 0.05) is 7.11 Å². The summed E-state index contributed by atoms with van der Waals surface area (Å²) in [6.07, 6.45) is 5.29. The minimum absolute atomic E-state index is 0.0488. The van der Waals surface area contributed by atoms with Gasteiger partial charge in [-0.25, -0.2) is 0 Å². The zero-order chi connectivity index (χ0) is 12.6. The van der Waals surface area contributed by atoms with Gasteiger partial charge in [0.2, 0.25) is 0 Å². The van der Waals surface area contributed by atoms with Crippen molar-refractivity contribution in [3.63, 3.8) is 0 Å². The van der Waals surface area contributed by atoms with E-state index in [1.807, 2.05) is 0 Å². The highest BCUT2D eigenvalue weighted by molar-refractivity contribution is 5.85. The van der Waals surface area contributed by atoms with Gasteiger partial charge in [0.25, 0.3) is 5.91 Å². The van der Waals surface area contributed by atoms with Gasteiger partial charge in [0.05, 0.1) is 18.2 Å². The van der Waals surface area contributed by atoms with Crippen LogP contribution in [0, 0.1) is 0 Å². The number of nitrogens with one attached hydrogen (secondary N) is 2. The summed E-state index contributed by atoms with van der Waals surface area (Å²) in [7, 11) is 1.64. The van der Waals surface area contributed by atoms with Crippen molar-refractivity contribution in [3.05, 3.63) is 0 Å². The van der Waals surface area contributed by atoms with Crippen molar-refractivity contribution in [2.75, 3.05) is 20.2 Å². The largest absolute Gasteiger partial charge is 0.373 e. The van der Waals surface area contributed by atoms with E-state index in [9.17, 15) is 4.79 Å². The zero-order valence-corrected chi connectivity index (χ0v) is 10.9. The second kappa shape index (κ2) is 4.79. The van der Waals surface area contributed by atoms with Gasteiger partial charge in [-0.05, 0) is 45.2 Å². The molecule has 0 radical (unpaired) electrons. The van der Waals surface area contributed by atoms with Crippen LogP contribution in [-0.4, -0.2) is 50.0 Å². The fraction of sp³-hybridized carbons (Fsp3) is 0.923. The molecule has 0 aromatic carbocycles. The lowest BCUT2D eigenvalue weighted by molar-refractivity contribution is -0.147. The summed E-state index contributed by atoms with van der Waals surface area (Å²) in [4.78, 5) is 12.5. The second-order valence-corrected chi connectivity index (χ2v) is 5.64. The van der Waals surface area contributed by atoms with E-state index in [1.54, 1.807) is 7.11 Å². The number of ether oxygens (including phenoxy) is 2. The molecular weight excluding hydrogens is 232 g/mol. The Hall–Kier alpha value is -0.650. The lowest BCUT2D eigenvalue weighted by Crippen LogP contribution is -2.57. The fourth-order valence-electron chi connectivity index (χ4n) is 3.44. The van der Waals surface area contributed by atoms with Crippen LogP contribution in [0.2, 0.25) is 0 Å². The number of methoxy groups -OCH3 is 1. The predicted octanol–water partition coefficient (Wildman–Crippen LogP) is 0.191. The highest BCUT2D eigenvalue weighted by Crippen LogP contribution is 2.35. The van der Waals surface area contributed by atoms with Gasteiger partial charge in [0.1, 0.15) is 5.60 Å². The molecule has 0 aromatic heterocycles. The van der Waals surface area contributed by atoms with Crippen LogP contribution in [-0.2, 0) is 14.3 Å². The third-order valence-corrected chi connectivity index (χ3v) is 4.64. The average molecular weight is 254 g/mol. The standard InChI is InChI=1S/C13H22N2O3/c1-17-13(4-6-14-7-5-13)12(16)15-10-8-9-2-3-11(10)18-9/h9-11,14H,2-8H2,1H3,(H,15,16). The van der Waals surface area contributed by atoms with E-state index in [4.69, 9.17) is 9.47 Å². The van der Waals surface area contributed by atoms with E-state index in [-0.39, 0.29) is 18.1 Å². The van der Waals surface area contributed by atoms with Crippen molar-refractivity contribution < 1.29 is 14.3 Å². The van der Waals surface area contributed by atoms with E-state index >= 15 is 0 Å². The maximum absolute atomic E-state index is 12.5. The Morgan fingerprint density at radius 3 is 2.72 bits per heavy atom. The molecule has 2 N–H and O–H groups in total. The summed E-state index contributed by atoms with van der Waals surface area (Å²) in [5, 5.41) is 6.42. The smallest absolute Gasteiger partial charge is 0.252 e. The lowest BCUT2D eigenvalue weighted by Gasteiger charge is -2.36. The maximum Gasteiger partial charge on any atom is 0.252 e. The molecule has 102 valence electrons. The first-order valence-electron chi connectivity index (χ1n) is 6.96.